The summed E-state index contributed by atoms with van der Waals surface area (Å²) in [5.74, 6) is -3.13. The van der Waals surface area contributed by atoms with Crippen molar-refractivity contribution in [1.82, 2.24) is 0 Å². The number of hydrogen-bond acceptors (Lipinski definition) is 16. The molecule has 3 aliphatic rings. The predicted octanol–water partition coefficient (Wildman–Crippen LogP) is -3.42. The Bertz CT molecular complexity index is 1330. The number of aromatic hydroxyl groups is 4. The van der Waals surface area contributed by atoms with Crippen molar-refractivity contribution >= 4 is 0 Å². The molecule has 0 bridgehead atoms. The average molecular weight is 615 g/mol. The number of phenols is 4. The van der Waals surface area contributed by atoms with Crippen LogP contribution in [-0.2, 0) is 15.9 Å². The van der Waals surface area contributed by atoms with Gasteiger partial charge in [-0.15, -0.1) is 0 Å². The lowest BCUT2D eigenvalue weighted by atomic mass is 9.82. The lowest BCUT2D eigenvalue weighted by Gasteiger charge is -2.44. The summed E-state index contributed by atoms with van der Waals surface area (Å²) < 4.78 is 17.2. The predicted molar refractivity (Wildman–Crippen MR) is 138 cm³/mol. The maximum atomic E-state index is 11.6. The highest BCUT2D eigenvalue weighted by Gasteiger charge is 2.51. The van der Waals surface area contributed by atoms with E-state index in [2.05, 4.69) is 0 Å². The fourth-order valence-electron chi connectivity index (χ4n) is 5.86. The van der Waals surface area contributed by atoms with Gasteiger partial charge < -0.3 is 80.6 Å². The number of aliphatic hydroxyl groups excluding tert-OH is 9. The van der Waals surface area contributed by atoms with Crippen LogP contribution in [0.5, 0.6) is 28.7 Å². The molecule has 43 heavy (non-hydrogen) atoms. The highest BCUT2D eigenvalue weighted by Crippen LogP contribution is 2.55. The van der Waals surface area contributed by atoms with Gasteiger partial charge in [-0.1, -0.05) is 6.07 Å². The third-order valence-corrected chi connectivity index (χ3v) is 8.26. The summed E-state index contributed by atoms with van der Waals surface area (Å²) in [6, 6.07) is 3.55. The van der Waals surface area contributed by atoms with Crippen molar-refractivity contribution in [3.8, 4) is 28.7 Å². The normalized spacial score (nSPS) is 37.9. The van der Waals surface area contributed by atoms with Crippen LogP contribution in [0, 0.1) is 0 Å². The van der Waals surface area contributed by atoms with Crippen LogP contribution in [0.3, 0.4) is 0 Å². The van der Waals surface area contributed by atoms with Crippen LogP contribution in [0.2, 0.25) is 0 Å². The Morgan fingerprint density at radius 3 is 1.65 bits per heavy atom. The van der Waals surface area contributed by atoms with E-state index in [0.717, 1.165) is 12.1 Å². The number of phenolic OH excluding ortho intramolecular Hbond substituents is 4. The number of rotatable bonds is 5. The molecule has 0 unspecified atom stereocenters. The Labute approximate surface area is 243 Å². The van der Waals surface area contributed by atoms with Crippen molar-refractivity contribution in [3.63, 3.8) is 0 Å². The van der Waals surface area contributed by atoms with Gasteiger partial charge in [-0.3, -0.25) is 0 Å². The zero-order valence-electron chi connectivity index (χ0n) is 22.3. The summed E-state index contributed by atoms with van der Waals surface area (Å²) in [7, 11) is 0. The van der Waals surface area contributed by atoms with Gasteiger partial charge in [0.1, 0.15) is 84.4 Å². The summed E-state index contributed by atoms with van der Waals surface area (Å²) in [6.45, 7) is -1.67. The van der Waals surface area contributed by atoms with Crippen molar-refractivity contribution in [3.05, 3.63) is 40.5 Å². The first-order valence-electron chi connectivity index (χ1n) is 13.4. The molecule has 0 aromatic heterocycles. The van der Waals surface area contributed by atoms with E-state index in [1.807, 2.05) is 0 Å². The molecule has 2 saturated heterocycles. The van der Waals surface area contributed by atoms with Gasteiger partial charge in [-0.05, 0) is 17.7 Å². The van der Waals surface area contributed by atoms with E-state index in [4.69, 9.17) is 14.2 Å². The Hall–Kier alpha value is -3.00. The lowest BCUT2D eigenvalue weighted by Crippen LogP contribution is -2.55. The van der Waals surface area contributed by atoms with Crippen molar-refractivity contribution in [2.45, 2.75) is 79.7 Å². The molecule has 3 aliphatic heterocycles. The largest absolute Gasteiger partial charge is 0.507 e. The van der Waals surface area contributed by atoms with E-state index in [1.54, 1.807) is 0 Å². The Morgan fingerprint density at radius 2 is 1.14 bits per heavy atom. The van der Waals surface area contributed by atoms with Crippen LogP contribution in [-0.4, -0.2) is 135 Å². The van der Waals surface area contributed by atoms with Crippen LogP contribution in [0.4, 0.5) is 0 Å². The number of aliphatic hydroxyl groups is 9. The van der Waals surface area contributed by atoms with Gasteiger partial charge in [0.15, 0.2) is 11.5 Å². The molecule has 2 fully saturated rings. The van der Waals surface area contributed by atoms with Crippen molar-refractivity contribution in [1.29, 1.82) is 0 Å². The number of fused-ring (bicyclic) bond motifs is 1. The van der Waals surface area contributed by atoms with E-state index >= 15 is 0 Å². The molecule has 13 N–H and O–H groups in total. The Kier molecular flexibility index (Phi) is 8.64. The minimum Gasteiger partial charge on any atom is -0.507 e. The minimum absolute atomic E-state index is 0.144. The van der Waals surface area contributed by atoms with Crippen LogP contribution in [0.1, 0.15) is 40.6 Å². The summed E-state index contributed by atoms with van der Waals surface area (Å²) in [5, 5.41) is 136. The third kappa shape index (κ3) is 5.13. The minimum atomic E-state index is -1.99. The van der Waals surface area contributed by atoms with Crippen molar-refractivity contribution < 1.29 is 80.6 Å². The summed E-state index contributed by atoms with van der Waals surface area (Å²) in [5.41, 5.74) is -1.16. The SMILES string of the molecule is OC[C@H]1O[C@@H](c2c(O)c3c(c([C@@H]4O[C@H](CO)[C@@H](O)[C@H](O)[C@H]4O)c2O)O[C@@H](c2ccc(O)c(O)c2)[C@@H](O)C3)[C@H](O)[C@@H](O)[C@@H]1O. The van der Waals surface area contributed by atoms with E-state index < -0.39 is 127 Å². The second-order valence-corrected chi connectivity index (χ2v) is 10.9. The average Bonchev–Trinajstić information content (AvgIpc) is 2.98. The monoisotopic (exact) mass is 614 g/mol. The molecule has 2 aromatic carbocycles. The van der Waals surface area contributed by atoms with Crippen molar-refractivity contribution in [2.24, 2.45) is 0 Å². The molecule has 238 valence electrons. The summed E-state index contributed by atoms with van der Waals surface area (Å²) in [4.78, 5) is 0. The first-order valence-corrected chi connectivity index (χ1v) is 13.4. The summed E-state index contributed by atoms with van der Waals surface area (Å²) in [6.07, 6.45) is -21.1. The lowest BCUT2D eigenvalue weighted by molar-refractivity contribution is -0.234. The maximum Gasteiger partial charge on any atom is 0.157 e. The van der Waals surface area contributed by atoms with E-state index in [1.165, 1.54) is 6.07 Å². The van der Waals surface area contributed by atoms with Gasteiger partial charge in [0.25, 0.3) is 0 Å². The second-order valence-electron chi connectivity index (χ2n) is 10.9. The fraction of sp³-hybridized carbons (Fsp3) is 0.556. The molecule has 0 amide bonds. The first-order chi connectivity index (χ1) is 20.3. The molecule has 12 atom stereocenters. The molecule has 0 radical (unpaired) electrons. The van der Waals surface area contributed by atoms with Crippen LogP contribution in [0.25, 0.3) is 0 Å². The second kappa shape index (κ2) is 11.8. The van der Waals surface area contributed by atoms with Gasteiger partial charge in [-0.2, -0.15) is 0 Å². The smallest absolute Gasteiger partial charge is 0.157 e. The van der Waals surface area contributed by atoms with E-state index in [9.17, 15) is 66.4 Å². The quantitative estimate of drug-likeness (QED) is 0.146. The number of hydrogen-bond donors (Lipinski definition) is 13. The molecule has 0 aliphatic carbocycles. The van der Waals surface area contributed by atoms with Crippen LogP contribution in [0.15, 0.2) is 18.2 Å². The van der Waals surface area contributed by atoms with Gasteiger partial charge in [0.2, 0.25) is 0 Å². The van der Waals surface area contributed by atoms with Crippen LogP contribution < -0.4 is 4.74 Å². The van der Waals surface area contributed by atoms with Crippen molar-refractivity contribution in [2.75, 3.05) is 13.2 Å². The standard InChI is InChI=1S/C27H34O16/c28-5-12-17(34)20(37)22(39)26(41-12)14-16(33)8-4-11(32)24(7-1-2-9(30)10(31)3-7)43-25(8)15(19(14)36)27-23(40)21(38)18(35)13(6-29)42-27/h1-3,11-13,17-18,20-24,26-40H,4-6H2/t11-,12+,13+,17+,18+,20-,21-,22+,23+,24-,26-,27-/m0/s1. The highest BCUT2D eigenvalue weighted by atomic mass is 16.6. The highest BCUT2D eigenvalue weighted by molar-refractivity contribution is 5.65. The Morgan fingerprint density at radius 1 is 0.605 bits per heavy atom. The van der Waals surface area contributed by atoms with Gasteiger partial charge >= 0.3 is 0 Å². The maximum absolute atomic E-state index is 11.6. The molecule has 5 rings (SSSR count). The molecule has 16 nitrogen and oxygen atoms in total. The van der Waals surface area contributed by atoms with Gasteiger partial charge in [-0.25, -0.2) is 0 Å². The fourth-order valence-corrected chi connectivity index (χ4v) is 5.86. The van der Waals surface area contributed by atoms with E-state index in [-0.39, 0.29) is 16.9 Å². The molecule has 16 heteroatoms. The molecule has 0 saturated carbocycles. The van der Waals surface area contributed by atoms with Gasteiger partial charge in [0, 0.05) is 12.0 Å². The first kappa shape index (κ1) is 31.4. The molecule has 0 spiro atoms. The number of ether oxygens (including phenoxy) is 3. The summed E-state index contributed by atoms with van der Waals surface area (Å²) >= 11 is 0. The molecular weight excluding hydrogens is 580 g/mol. The van der Waals surface area contributed by atoms with Gasteiger partial charge in [0.05, 0.1) is 30.4 Å². The zero-order chi connectivity index (χ0) is 31.5. The number of benzene rings is 2. The third-order valence-electron chi connectivity index (χ3n) is 8.26. The Balaban J connectivity index is 1.71. The molecule has 2 aromatic rings. The molecule has 3 heterocycles. The van der Waals surface area contributed by atoms with Crippen LogP contribution >= 0.6 is 0 Å². The van der Waals surface area contributed by atoms with E-state index in [0.29, 0.717) is 0 Å². The topological polar surface area (TPSA) is 291 Å². The molecular formula is C27H34O16. The zero-order valence-corrected chi connectivity index (χ0v) is 22.3.